The predicted molar refractivity (Wildman–Crippen MR) is 157 cm³/mol. The lowest BCUT2D eigenvalue weighted by atomic mass is 9.86. The summed E-state index contributed by atoms with van der Waals surface area (Å²) in [4.78, 5) is 26.4. The topological polar surface area (TPSA) is 91.8 Å². The largest absolute Gasteiger partial charge is 0.481 e. The van der Waals surface area contributed by atoms with Gasteiger partial charge >= 0.3 is 5.97 Å². The van der Waals surface area contributed by atoms with Crippen LogP contribution in [0.1, 0.15) is 49.9 Å². The molecule has 0 aromatic heterocycles. The fourth-order valence-electron chi connectivity index (χ4n) is 5.22. The van der Waals surface area contributed by atoms with E-state index in [9.17, 15) is 23.1 Å². The number of aryl methyl sites for hydroxylation is 1. The van der Waals surface area contributed by atoms with Crippen LogP contribution in [-0.4, -0.2) is 35.6 Å². The maximum atomic E-state index is 14.4. The molecule has 0 spiro atoms. The number of carboxylic acid groups (broad SMARTS) is 1. The van der Waals surface area contributed by atoms with Crippen molar-refractivity contribution in [3.8, 4) is 0 Å². The van der Waals surface area contributed by atoms with Crippen molar-refractivity contribution in [2.75, 3.05) is 0 Å². The van der Waals surface area contributed by atoms with E-state index >= 15 is 0 Å². The zero-order valence-electron chi connectivity index (χ0n) is 23.0. The summed E-state index contributed by atoms with van der Waals surface area (Å²) in [5, 5.41) is 10.5. The molecule has 1 aliphatic heterocycles. The summed E-state index contributed by atoms with van der Waals surface area (Å²) in [6, 6.07) is 21.1. The van der Waals surface area contributed by atoms with Crippen molar-refractivity contribution in [1.82, 2.24) is 4.31 Å². The van der Waals surface area contributed by atoms with Crippen molar-refractivity contribution in [1.29, 1.82) is 0 Å². The van der Waals surface area contributed by atoms with E-state index in [0.29, 0.717) is 16.1 Å². The highest BCUT2D eigenvalue weighted by Gasteiger charge is 2.49. The van der Waals surface area contributed by atoms with Crippen LogP contribution in [-0.2, 0) is 26.0 Å². The Morgan fingerprint density at radius 3 is 2.12 bits per heavy atom. The van der Waals surface area contributed by atoms with Gasteiger partial charge in [-0.15, -0.1) is 0 Å². The third-order valence-electron chi connectivity index (χ3n) is 7.31. The lowest BCUT2D eigenvalue weighted by molar-refractivity contribution is -0.143. The average Bonchev–Trinajstić information content (AvgIpc) is 3.32. The van der Waals surface area contributed by atoms with Crippen molar-refractivity contribution in [3.63, 3.8) is 0 Å². The second-order valence-electron chi connectivity index (χ2n) is 11.3. The summed E-state index contributed by atoms with van der Waals surface area (Å²) >= 11 is 6.16. The van der Waals surface area contributed by atoms with E-state index in [4.69, 9.17) is 11.6 Å². The molecule has 0 fully saturated rings. The van der Waals surface area contributed by atoms with Gasteiger partial charge in [0.05, 0.1) is 16.9 Å². The van der Waals surface area contributed by atoms with Gasteiger partial charge < -0.3 is 5.11 Å². The summed E-state index contributed by atoms with van der Waals surface area (Å²) in [6.07, 6.45) is 1.66. The van der Waals surface area contributed by atoms with Gasteiger partial charge in [0.25, 0.3) is 0 Å². The van der Waals surface area contributed by atoms with Crippen molar-refractivity contribution < 1.29 is 23.1 Å². The van der Waals surface area contributed by atoms with Crippen LogP contribution in [0.25, 0.3) is 0 Å². The standard InChI is InChI=1S/C32H34ClNO5S/c1-21-10-8-9-13-28(21)40(38,39)34-29(32(2,3)4)20-26(30(34)23-14-16-25(33)17-15-23)27(35)19-24(31(36)37)18-22-11-6-5-7-12-22/h5-17,20,24,29-30H,18-19H2,1-4H3,(H,36,37)/t24-,29+,30?/m1/s1. The van der Waals surface area contributed by atoms with Gasteiger partial charge in [-0.2, -0.15) is 4.31 Å². The normalized spacial score (nSPS) is 18.8. The fourth-order valence-corrected chi connectivity index (χ4v) is 7.48. The SMILES string of the molecule is Cc1ccccc1S(=O)(=O)N1C(c2ccc(Cl)cc2)C(C(=O)C[C@@H](Cc2ccccc2)C(=O)O)=C[C@H]1C(C)(C)C. The number of carbonyl (C=O) groups is 2. The van der Waals surface area contributed by atoms with Crippen molar-refractivity contribution in [2.24, 2.45) is 11.3 Å². The van der Waals surface area contributed by atoms with Crippen LogP contribution in [0.15, 0.2) is 95.4 Å². The number of halogens is 1. The minimum atomic E-state index is -4.09. The predicted octanol–water partition coefficient (Wildman–Crippen LogP) is 6.64. The molecule has 1 unspecified atom stereocenters. The molecule has 3 atom stereocenters. The maximum absolute atomic E-state index is 14.4. The summed E-state index contributed by atoms with van der Waals surface area (Å²) in [6.45, 7) is 7.52. The molecular formula is C32H34ClNO5S. The Morgan fingerprint density at radius 2 is 1.55 bits per heavy atom. The molecule has 0 aliphatic carbocycles. The van der Waals surface area contributed by atoms with E-state index in [-0.39, 0.29) is 29.1 Å². The molecule has 210 valence electrons. The van der Waals surface area contributed by atoms with Crippen molar-refractivity contribution in [3.05, 3.63) is 112 Å². The number of sulfonamides is 1. The lowest BCUT2D eigenvalue weighted by Gasteiger charge is -2.37. The monoisotopic (exact) mass is 579 g/mol. The first-order valence-corrected chi connectivity index (χ1v) is 15.0. The number of aliphatic carboxylic acids is 1. The minimum Gasteiger partial charge on any atom is -0.481 e. The molecule has 3 aromatic rings. The average molecular weight is 580 g/mol. The van der Waals surface area contributed by atoms with E-state index in [1.807, 2.05) is 51.1 Å². The van der Waals surface area contributed by atoms with Gasteiger partial charge in [-0.25, -0.2) is 8.42 Å². The van der Waals surface area contributed by atoms with E-state index < -0.39 is 39.4 Å². The molecule has 0 saturated heterocycles. The van der Waals surface area contributed by atoms with Gasteiger partial charge in [0.1, 0.15) is 0 Å². The van der Waals surface area contributed by atoms with E-state index in [2.05, 4.69) is 0 Å². The van der Waals surface area contributed by atoms with E-state index in [1.54, 1.807) is 61.5 Å². The lowest BCUT2D eigenvalue weighted by Crippen LogP contribution is -2.45. The Bertz CT molecular complexity index is 1530. The second-order valence-corrected chi connectivity index (χ2v) is 13.6. The van der Waals surface area contributed by atoms with Gasteiger partial charge in [0.15, 0.2) is 5.78 Å². The zero-order valence-corrected chi connectivity index (χ0v) is 24.6. The Balaban J connectivity index is 1.82. The molecule has 1 aliphatic rings. The smallest absolute Gasteiger partial charge is 0.307 e. The third-order valence-corrected chi connectivity index (χ3v) is 9.57. The van der Waals surface area contributed by atoms with Gasteiger partial charge in [0.2, 0.25) is 10.0 Å². The molecule has 6 nitrogen and oxygen atoms in total. The molecular weight excluding hydrogens is 546 g/mol. The van der Waals surface area contributed by atoms with Crippen LogP contribution < -0.4 is 0 Å². The van der Waals surface area contributed by atoms with Crippen LogP contribution >= 0.6 is 11.6 Å². The third kappa shape index (κ3) is 6.22. The maximum Gasteiger partial charge on any atom is 0.307 e. The Labute approximate surface area is 241 Å². The molecule has 0 bridgehead atoms. The number of carboxylic acids is 1. The van der Waals surface area contributed by atoms with Gasteiger partial charge in [0, 0.05) is 23.1 Å². The minimum absolute atomic E-state index is 0.165. The Kier molecular flexibility index (Phi) is 8.69. The zero-order chi connectivity index (χ0) is 29.2. The second kappa shape index (κ2) is 11.7. The number of benzene rings is 3. The quantitative estimate of drug-likeness (QED) is 0.307. The van der Waals surface area contributed by atoms with Crippen LogP contribution in [0.2, 0.25) is 5.02 Å². The highest BCUT2D eigenvalue weighted by Crippen LogP contribution is 2.47. The number of ketones is 1. The molecule has 40 heavy (non-hydrogen) atoms. The van der Waals surface area contributed by atoms with Gasteiger partial charge in [-0.05, 0) is 53.6 Å². The van der Waals surface area contributed by atoms with Crippen LogP contribution in [0.5, 0.6) is 0 Å². The molecule has 8 heteroatoms. The summed E-state index contributed by atoms with van der Waals surface area (Å²) in [5.41, 5.74) is 1.70. The van der Waals surface area contributed by atoms with Crippen LogP contribution in [0, 0.1) is 18.3 Å². The Morgan fingerprint density at radius 1 is 0.950 bits per heavy atom. The van der Waals surface area contributed by atoms with Gasteiger partial charge in [-0.3, -0.25) is 9.59 Å². The van der Waals surface area contributed by atoms with Crippen LogP contribution in [0.4, 0.5) is 0 Å². The summed E-state index contributed by atoms with van der Waals surface area (Å²) in [5.74, 6) is -2.42. The Hall–Kier alpha value is -3.26. The molecule has 1 heterocycles. The number of Topliss-reactive ketones (excluding diaryl/α,β-unsaturated/α-hetero) is 1. The first kappa shape index (κ1) is 29.7. The fraction of sp³-hybridized carbons (Fsp3) is 0.312. The molecule has 3 aromatic carbocycles. The number of hydrogen-bond acceptors (Lipinski definition) is 4. The highest BCUT2D eigenvalue weighted by molar-refractivity contribution is 7.89. The molecule has 0 saturated carbocycles. The number of nitrogens with zero attached hydrogens (tertiary/aromatic N) is 1. The molecule has 4 rings (SSSR count). The first-order valence-electron chi connectivity index (χ1n) is 13.2. The first-order chi connectivity index (χ1) is 18.8. The molecule has 0 radical (unpaired) electrons. The number of hydrogen-bond donors (Lipinski definition) is 1. The highest BCUT2D eigenvalue weighted by atomic mass is 35.5. The van der Waals surface area contributed by atoms with E-state index in [1.165, 1.54) is 4.31 Å². The van der Waals surface area contributed by atoms with Crippen LogP contribution in [0.3, 0.4) is 0 Å². The molecule has 0 amide bonds. The number of carbonyl (C=O) groups excluding carboxylic acids is 1. The number of rotatable bonds is 9. The summed E-state index contributed by atoms with van der Waals surface area (Å²) in [7, 11) is -4.09. The summed E-state index contributed by atoms with van der Waals surface area (Å²) < 4.78 is 30.1. The molecule has 1 N–H and O–H groups in total. The van der Waals surface area contributed by atoms with Gasteiger partial charge in [-0.1, -0.05) is 99.1 Å². The van der Waals surface area contributed by atoms with E-state index in [0.717, 1.165) is 5.56 Å². The van der Waals surface area contributed by atoms with Crippen molar-refractivity contribution >= 4 is 33.4 Å². The van der Waals surface area contributed by atoms with Crippen molar-refractivity contribution in [2.45, 2.75) is 57.5 Å².